The van der Waals surface area contributed by atoms with Crippen LogP contribution in [0.4, 0.5) is 5.69 Å². The molecule has 1 fully saturated rings. The molecule has 0 aromatic heterocycles. The summed E-state index contributed by atoms with van der Waals surface area (Å²) < 4.78 is 5.43. The maximum absolute atomic E-state index is 12.6. The number of aryl methyl sites for hydroxylation is 1. The molecule has 1 N–H and O–H groups in total. The fourth-order valence-corrected chi connectivity index (χ4v) is 3.56. The number of carbonyl (C=O) groups excluding carboxylic acids is 2. The predicted molar refractivity (Wildman–Crippen MR) is 119 cm³/mol. The minimum Gasteiger partial charge on any atom is -0.494 e. The number of carbonyl (C=O) groups is 2. The lowest BCUT2D eigenvalue weighted by Crippen LogP contribution is -2.54. The zero-order chi connectivity index (χ0) is 21.5. The van der Waals surface area contributed by atoms with E-state index in [1.165, 1.54) is 5.56 Å². The van der Waals surface area contributed by atoms with Gasteiger partial charge in [0, 0.05) is 31.9 Å². The highest BCUT2D eigenvalue weighted by Crippen LogP contribution is 2.17. The van der Waals surface area contributed by atoms with E-state index in [1.807, 2.05) is 74.2 Å². The van der Waals surface area contributed by atoms with Gasteiger partial charge in [0.15, 0.2) is 0 Å². The van der Waals surface area contributed by atoms with E-state index in [-0.39, 0.29) is 17.9 Å². The van der Waals surface area contributed by atoms with Gasteiger partial charge in [0.2, 0.25) is 11.8 Å². The Morgan fingerprint density at radius 1 is 1.00 bits per heavy atom. The van der Waals surface area contributed by atoms with Crippen molar-refractivity contribution >= 4 is 17.5 Å². The van der Waals surface area contributed by atoms with Crippen molar-refractivity contribution in [1.29, 1.82) is 0 Å². The third kappa shape index (κ3) is 5.83. The summed E-state index contributed by atoms with van der Waals surface area (Å²) in [7, 11) is 0. The van der Waals surface area contributed by atoms with Crippen LogP contribution in [0.25, 0.3) is 0 Å². The monoisotopic (exact) mass is 409 g/mol. The van der Waals surface area contributed by atoms with Crippen molar-refractivity contribution in [2.75, 3.05) is 38.1 Å². The maximum Gasteiger partial charge on any atom is 0.241 e. The molecule has 6 nitrogen and oxygen atoms in total. The molecular formula is C24H31N3O3. The van der Waals surface area contributed by atoms with E-state index >= 15 is 0 Å². The van der Waals surface area contributed by atoms with Gasteiger partial charge in [-0.1, -0.05) is 29.8 Å². The summed E-state index contributed by atoms with van der Waals surface area (Å²) >= 11 is 0. The first kappa shape index (κ1) is 21.8. The van der Waals surface area contributed by atoms with E-state index in [0.717, 1.165) is 17.0 Å². The van der Waals surface area contributed by atoms with Crippen LogP contribution in [0.2, 0.25) is 0 Å². The van der Waals surface area contributed by atoms with E-state index in [4.69, 9.17) is 4.74 Å². The molecule has 0 bridgehead atoms. The first-order chi connectivity index (χ1) is 14.5. The Labute approximate surface area is 178 Å². The van der Waals surface area contributed by atoms with Crippen LogP contribution >= 0.6 is 0 Å². The van der Waals surface area contributed by atoms with Crippen LogP contribution in [0.15, 0.2) is 48.5 Å². The Morgan fingerprint density at radius 3 is 2.23 bits per heavy atom. The molecule has 6 heteroatoms. The van der Waals surface area contributed by atoms with Crippen LogP contribution in [0, 0.1) is 6.92 Å². The highest BCUT2D eigenvalue weighted by molar-refractivity contribution is 5.94. The quantitative estimate of drug-likeness (QED) is 0.763. The molecule has 2 aromatic carbocycles. The molecule has 2 amide bonds. The van der Waals surface area contributed by atoms with Crippen LogP contribution < -0.4 is 10.1 Å². The molecule has 0 saturated carbocycles. The SMILES string of the molecule is CCOc1ccc(NC(=O)C(C)N2CCN(C(=O)Cc3ccc(C)cc3)CC2)cc1. The second-order valence-electron chi connectivity index (χ2n) is 7.70. The van der Waals surface area contributed by atoms with Crippen molar-refractivity contribution in [3.63, 3.8) is 0 Å². The minimum absolute atomic E-state index is 0.0430. The van der Waals surface area contributed by atoms with E-state index in [9.17, 15) is 9.59 Å². The summed E-state index contributed by atoms with van der Waals surface area (Å²) in [6.45, 7) is 9.17. The third-order valence-corrected chi connectivity index (χ3v) is 5.50. The molecule has 1 aliphatic heterocycles. The molecule has 0 spiro atoms. The Balaban J connectivity index is 1.46. The van der Waals surface area contributed by atoms with E-state index in [2.05, 4.69) is 10.2 Å². The molecule has 1 saturated heterocycles. The Hall–Kier alpha value is -2.86. The van der Waals surface area contributed by atoms with Crippen LogP contribution in [-0.2, 0) is 16.0 Å². The number of piperazine rings is 1. The number of hydrogen-bond donors (Lipinski definition) is 1. The Morgan fingerprint density at radius 2 is 1.63 bits per heavy atom. The third-order valence-electron chi connectivity index (χ3n) is 5.50. The fraction of sp³-hybridized carbons (Fsp3) is 0.417. The zero-order valence-corrected chi connectivity index (χ0v) is 18.1. The summed E-state index contributed by atoms with van der Waals surface area (Å²) in [5, 5.41) is 2.96. The van der Waals surface area contributed by atoms with Gasteiger partial charge in [-0.3, -0.25) is 14.5 Å². The van der Waals surface area contributed by atoms with Gasteiger partial charge in [0.1, 0.15) is 5.75 Å². The number of hydrogen-bond acceptors (Lipinski definition) is 4. The first-order valence-electron chi connectivity index (χ1n) is 10.6. The number of rotatable bonds is 7. The smallest absolute Gasteiger partial charge is 0.241 e. The number of benzene rings is 2. The number of nitrogens with one attached hydrogen (secondary N) is 1. The molecule has 1 aliphatic rings. The molecule has 160 valence electrons. The topological polar surface area (TPSA) is 61.9 Å². The van der Waals surface area contributed by atoms with Crippen molar-refractivity contribution in [1.82, 2.24) is 9.80 Å². The van der Waals surface area contributed by atoms with E-state index in [0.29, 0.717) is 39.2 Å². The van der Waals surface area contributed by atoms with Crippen LogP contribution in [0.3, 0.4) is 0 Å². The summed E-state index contributed by atoms with van der Waals surface area (Å²) in [5.41, 5.74) is 2.98. The average Bonchev–Trinajstić information content (AvgIpc) is 2.76. The van der Waals surface area contributed by atoms with Crippen molar-refractivity contribution in [2.45, 2.75) is 33.2 Å². The standard InChI is InChI=1S/C24H31N3O3/c1-4-30-22-11-9-21(10-12-22)25-24(29)19(3)26-13-15-27(16-14-26)23(28)17-20-7-5-18(2)6-8-20/h5-12,19H,4,13-17H2,1-3H3,(H,25,29). The highest BCUT2D eigenvalue weighted by atomic mass is 16.5. The zero-order valence-electron chi connectivity index (χ0n) is 18.1. The second-order valence-corrected chi connectivity index (χ2v) is 7.70. The highest BCUT2D eigenvalue weighted by Gasteiger charge is 2.27. The van der Waals surface area contributed by atoms with Crippen LogP contribution in [0.5, 0.6) is 5.75 Å². The lowest BCUT2D eigenvalue weighted by molar-refractivity contribution is -0.133. The van der Waals surface area contributed by atoms with Gasteiger partial charge in [-0.2, -0.15) is 0 Å². The summed E-state index contributed by atoms with van der Waals surface area (Å²) in [6.07, 6.45) is 0.425. The van der Waals surface area contributed by atoms with E-state index in [1.54, 1.807) is 0 Å². The molecule has 1 atom stereocenters. The van der Waals surface area contributed by atoms with Crippen LogP contribution in [0.1, 0.15) is 25.0 Å². The van der Waals surface area contributed by atoms with E-state index < -0.39 is 0 Å². The van der Waals surface area contributed by atoms with Gasteiger partial charge in [-0.15, -0.1) is 0 Å². The van der Waals surface area contributed by atoms with Crippen molar-refractivity contribution < 1.29 is 14.3 Å². The van der Waals surface area contributed by atoms with Crippen molar-refractivity contribution in [2.24, 2.45) is 0 Å². The van der Waals surface area contributed by atoms with Crippen LogP contribution in [-0.4, -0.2) is 60.4 Å². The van der Waals surface area contributed by atoms with Crippen molar-refractivity contribution in [3.05, 3.63) is 59.7 Å². The number of ether oxygens (including phenoxy) is 1. The van der Waals surface area contributed by atoms with Gasteiger partial charge in [-0.25, -0.2) is 0 Å². The predicted octanol–water partition coefficient (Wildman–Crippen LogP) is 3.11. The average molecular weight is 410 g/mol. The molecular weight excluding hydrogens is 378 g/mol. The molecule has 3 rings (SSSR count). The molecule has 1 heterocycles. The summed E-state index contributed by atoms with van der Waals surface area (Å²) in [4.78, 5) is 29.3. The van der Waals surface area contributed by atoms with Crippen molar-refractivity contribution in [3.8, 4) is 5.75 Å². The van der Waals surface area contributed by atoms with Gasteiger partial charge in [0.25, 0.3) is 0 Å². The van der Waals surface area contributed by atoms with Gasteiger partial charge < -0.3 is 15.0 Å². The molecule has 30 heavy (non-hydrogen) atoms. The minimum atomic E-state index is -0.258. The summed E-state index contributed by atoms with van der Waals surface area (Å²) in [5.74, 6) is 0.888. The number of amides is 2. The fourth-order valence-electron chi connectivity index (χ4n) is 3.56. The Bertz CT molecular complexity index is 841. The summed E-state index contributed by atoms with van der Waals surface area (Å²) in [6, 6.07) is 15.2. The normalized spacial score (nSPS) is 15.5. The molecule has 1 unspecified atom stereocenters. The molecule has 0 aliphatic carbocycles. The first-order valence-corrected chi connectivity index (χ1v) is 10.6. The van der Waals surface area contributed by atoms with Gasteiger partial charge >= 0.3 is 0 Å². The lowest BCUT2D eigenvalue weighted by atomic mass is 10.1. The Kier molecular flexibility index (Phi) is 7.46. The number of nitrogens with zero attached hydrogens (tertiary/aromatic N) is 2. The largest absolute Gasteiger partial charge is 0.494 e. The molecule has 0 radical (unpaired) electrons. The second kappa shape index (κ2) is 10.3. The maximum atomic E-state index is 12.6. The lowest BCUT2D eigenvalue weighted by Gasteiger charge is -2.37. The van der Waals surface area contributed by atoms with Gasteiger partial charge in [-0.05, 0) is 50.6 Å². The number of anilines is 1. The van der Waals surface area contributed by atoms with Gasteiger partial charge in [0.05, 0.1) is 19.1 Å². The molecule has 2 aromatic rings.